The molecule has 0 spiro atoms. The van der Waals surface area contributed by atoms with Gasteiger partial charge in [0, 0.05) is 26.2 Å². The van der Waals surface area contributed by atoms with Gasteiger partial charge in [-0.25, -0.2) is 4.79 Å². The predicted molar refractivity (Wildman–Crippen MR) is 129 cm³/mol. The molecule has 2 saturated heterocycles. The van der Waals surface area contributed by atoms with Gasteiger partial charge in [-0.3, -0.25) is 19.4 Å². The molecule has 35 heavy (non-hydrogen) atoms. The Balaban J connectivity index is 1.25. The van der Waals surface area contributed by atoms with Crippen LogP contribution >= 0.6 is 0 Å². The minimum Gasteiger partial charge on any atom is -0.466 e. The Morgan fingerprint density at radius 2 is 1.51 bits per heavy atom. The van der Waals surface area contributed by atoms with Gasteiger partial charge in [-0.1, -0.05) is 60.7 Å². The maximum atomic E-state index is 13.1. The minimum absolute atomic E-state index is 0.0922. The molecule has 2 aromatic carbocycles. The minimum atomic E-state index is -1.31. The summed E-state index contributed by atoms with van der Waals surface area (Å²) < 4.78 is 5.35. The zero-order chi connectivity index (χ0) is 24.4. The SMILES string of the molecule is CC1(c2ccco2)NC(=O)N(CC(=O)N2CCN(C(c3ccccc3)c3ccccc3)CC2)C1=O. The number of furan rings is 1. The average molecular weight is 473 g/mol. The Bertz CT molecular complexity index is 1150. The zero-order valence-corrected chi connectivity index (χ0v) is 19.6. The first kappa shape index (κ1) is 22.9. The third-order valence-corrected chi connectivity index (χ3v) is 6.85. The molecule has 8 nitrogen and oxygen atoms in total. The van der Waals surface area contributed by atoms with Gasteiger partial charge in [-0.2, -0.15) is 0 Å². The second-order valence-corrected chi connectivity index (χ2v) is 9.06. The van der Waals surface area contributed by atoms with E-state index < -0.39 is 17.5 Å². The van der Waals surface area contributed by atoms with Crippen LogP contribution in [0.15, 0.2) is 83.5 Å². The van der Waals surface area contributed by atoms with Crippen molar-refractivity contribution in [1.29, 1.82) is 0 Å². The van der Waals surface area contributed by atoms with Crippen molar-refractivity contribution in [1.82, 2.24) is 20.0 Å². The fourth-order valence-corrected chi connectivity index (χ4v) is 4.92. The van der Waals surface area contributed by atoms with Crippen molar-refractivity contribution in [3.63, 3.8) is 0 Å². The molecule has 2 aliphatic heterocycles. The number of imide groups is 1. The first-order chi connectivity index (χ1) is 17.0. The van der Waals surface area contributed by atoms with Crippen LogP contribution in [0, 0.1) is 0 Å². The van der Waals surface area contributed by atoms with Crippen molar-refractivity contribution in [2.24, 2.45) is 0 Å². The molecule has 0 saturated carbocycles. The molecule has 8 heteroatoms. The molecule has 4 amide bonds. The Hall–Kier alpha value is -3.91. The van der Waals surface area contributed by atoms with Crippen LogP contribution in [-0.4, -0.2) is 65.3 Å². The highest BCUT2D eigenvalue weighted by molar-refractivity contribution is 6.08. The lowest BCUT2D eigenvalue weighted by molar-refractivity contribution is -0.140. The second-order valence-electron chi connectivity index (χ2n) is 9.06. The standard InChI is InChI=1S/C27H28N4O4/c1-27(22-13-8-18-35-22)25(33)31(26(34)28-27)19-23(32)29-14-16-30(17-15-29)24(20-9-4-2-5-10-20)21-11-6-3-7-12-21/h2-13,18,24H,14-17,19H2,1H3,(H,28,34). The van der Waals surface area contributed by atoms with Gasteiger partial charge in [0.2, 0.25) is 5.91 Å². The molecule has 1 unspecified atom stereocenters. The van der Waals surface area contributed by atoms with Gasteiger partial charge >= 0.3 is 6.03 Å². The molecule has 3 aromatic rings. The number of amides is 4. The highest BCUT2D eigenvalue weighted by Crippen LogP contribution is 2.31. The summed E-state index contributed by atoms with van der Waals surface area (Å²) in [5, 5.41) is 2.66. The van der Waals surface area contributed by atoms with Crippen molar-refractivity contribution < 1.29 is 18.8 Å². The van der Waals surface area contributed by atoms with Gasteiger partial charge in [0.25, 0.3) is 5.91 Å². The van der Waals surface area contributed by atoms with Gasteiger partial charge in [0.1, 0.15) is 12.3 Å². The molecule has 0 radical (unpaired) electrons. The molecule has 5 rings (SSSR count). The molecular weight excluding hydrogens is 444 g/mol. The highest BCUT2D eigenvalue weighted by atomic mass is 16.3. The van der Waals surface area contributed by atoms with E-state index in [1.165, 1.54) is 17.4 Å². The van der Waals surface area contributed by atoms with E-state index in [9.17, 15) is 14.4 Å². The van der Waals surface area contributed by atoms with E-state index in [0.29, 0.717) is 31.9 Å². The van der Waals surface area contributed by atoms with Crippen molar-refractivity contribution >= 4 is 17.8 Å². The van der Waals surface area contributed by atoms with E-state index in [-0.39, 0.29) is 18.5 Å². The van der Waals surface area contributed by atoms with Gasteiger partial charge in [-0.05, 0) is 30.2 Å². The smallest absolute Gasteiger partial charge is 0.325 e. The fraction of sp³-hybridized carbons (Fsp3) is 0.296. The average Bonchev–Trinajstić information content (AvgIpc) is 3.51. The zero-order valence-electron chi connectivity index (χ0n) is 19.6. The van der Waals surface area contributed by atoms with Crippen molar-refractivity contribution in [2.75, 3.05) is 32.7 Å². The molecule has 3 heterocycles. The van der Waals surface area contributed by atoms with Crippen LogP contribution in [0.5, 0.6) is 0 Å². The molecule has 1 aromatic heterocycles. The Morgan fingerprint density at radius 3 is 2.06 bits per heavy atom. The molecule has 180 valence electrons. The van der Waals surface area contributed by atoms with E-state index in [4.69, 9.17) is 4.42 Å². The number of piperazine rings is 1. The molecule has 2 fully saturated rings. The fourth-order valence-electron chi connectivity index (χ4n) is 4.92. The first-order valence-corrected chi connectivity index (χ1v) is 11.8. The van der Waals surface area contributed by atoms with Crippen molar-refractivity contribution in [3.05, 3.63) is 95.9 Å². The number of hydrogen-bond acceptors (Lipinski definition) is 5. The van der Waals surface area contributed by atoms with Crippen LogP contribution in [0.25, 0.3) is 0 Å². The monoisotopic (exact) mass is 472 g/mol. The van der Waals surface area contributed by atoms with Gasteiger partial charge in [0.05, 0.1) is 12.3 Å². The van der Waals surface area contributed by atoms with E-state index in [2.05, 4.69) is 34.5 Å². The van der Waals surface area contributed by atoms with Crippen LogP contribution in [0.3, 0.4) is 0 Å². The van der Waals surface area contributed by atoms with E-state index >= 15 is 0 Å². The number of carbonyl (C=O) groups is 3. The van der Waals surface area contributed by atoms with Crippen LogP contribution in [-0.2, 0) is 15.1 Å². The maximum absolute atomic E-state index is 13.1. The molecule has 2 aliphatic rings. The predicted octanol–water partition coefficient (Wildman–Crippen LogP) is 2.98. The molecule has 1 atom stereocenters. The van der Waals surface area contributed by atoms with Crippen LogP contribution in [0.2, 0.25) is 0 Å². The Kier molecular flexibility index (Phi) is 6.13. The van der Waals surface area contributed by atoms with Gasteiger partial charge in [-0.15, -0.1) is 0 Å². The second kappa shape index (κ2) is 9.38. The lowest BCUT2D eigenvalue weighted by Gasteiger charge is -2.40. The number of nitrogens with one attached hydrogen (secondary N) is 1. The number of hydrogen-bond donors (Lipinski definition) is 1. The topological polar surface area (TPSA) is 86.1 Å². The number of urea groups is 1. The summed E-state index contributed by atoms with van der Waals surface area (Å²) in [6.45, 7) is 3.71. The summed E-state index contributed by atoms with van der Waals surface area (Å²) in [4.78, 5) is 43.7. The van der Waals surface area contributed by atoms with Crippen LogP contribution < -0.4 is 5.32 Å². The number of rotatable bonds is 6. The third-order valence-electron chi connectivity index (χ3n) is 6.85. The largest absolute Gasteiger partial charge is 0.466 e. The van der Waals surface area contributed by atoms with Gasteiger partial charge < -0.3 is 14.6 Å². The summed E-state index contributed by atoms with van der Waals surface area (Å²) >= 11 is 0. The first-order valence-electron chi connectivity index (χ1n) is 11.8. The summed E-state index contributed by atoms with van der Waals surface area (Å²) in [6, 6.07) is 23.5. The Labute approximate surface area is 204 Å². The van der Waals surface area contributed by atoms with Crippen LogP contribution in [0.4, 0.5) is 4.79 Å². The van der Waals surface area contributed by atoms with E-state index in [1.54, 1.807) is 24.0 Å². The Morgan fingerprint density at radius 1 is 0.914 bits per heavy atom. The quantitative estimate of drug-likeness (QED) is 0.558. The number of nitrogens with zero attached hydrogens (tertiary/aromatic N) is 3. The van der Waals surface area contributed by atoms with Crippen molar-refractivity contribution in [2.45, 2.75) is 18.5 Å². The summed E-state index contributed by atoms with van der Waals surface area (Å²) in [5.74, 6) is -0.391. The lowest BCUT2D eigenvalue weighted by Crippen LogP contribution is -2.52. The highest BCUT2D eigenvalue weighted by Gasteiger charge is 2.51. The number of benzene rings is 2. The lowest BCUT2D eigenvalue weighted by atomic mass is 9.96. The van der Waals surface area contributed by atoms with Crippen LogP contribution in [0.1, 0.15) is 29.9 Å². The van der Waals surface area contributed by atoms with Crippen molar-refractivity contribution in [3.8, 4) is 0 Å². The normalized spacial score (nSPS) is 21.0. The summed E-state index contributed by atoms with van der Waals surface area (Å²) in [5.41, 5.74) is 1.10. The summed E-state index contributed by atoms with van der Waals surface area (Å²) in [7, 11) is 0. The van der Waals surface area contributed by atoms with Gasteiger partial charge in [0.15, 0.2) is 5.54 Å². The number of carbonyl (C=O) groups excluding carboxylic acids is 3. The van der Waals surface area contributed by atoms with E-state index in [0.717, 1.165) is 4.90 Å². The molecular formula is C27H28N4O4. The van der Waals surface area contributed by atoms with E-state index in [1.807, 2.05) is 36.4 Å². The molecule has 1 N–H and O–H groups in total. The molecule has 0 aliphatic carbocycles. The summed E-state index contributed by atoms with van der Waals surface area (Å²) in [6.07, 6.45) is 1.45. The maximum Gasteiger partial charge on any atom is 0.325 e. The third kappa shape index (κ3) is 4.33. The molecule has 0 bridgehead atoms.